The van der Waals surface area contributed by atoms with Gasteiger partial charge in [-0.05, 0) is 73.7 Å². The molecule has 7 nitrogen and oxygen atoms in total. The van der Waals surface area contributed by atoms with E-state index in [9.17, 15) is 9.59 Å². The molecular weight excluding hydrogens is 394 g/mol. The van der Waals surface area contributed by atoms with Crippen LogP contribution in [0.25, 0.3) is 0 Å². The lowest BCUT2D eigenvalue weighted by Crippen LogP contribution is -2.32. The summed E-state index contributed by atoms with van der Waals surface area (Å²) >= 11 is 0. The van der Waals surface area contributed by atoms with E-state index in [1.54, 1.807) is 19.1 Å². The maximum absolute atomic E-state index is 12.0. The molecule has 2 aromatic carbocycles. The summed E-state index contributed by atoms with van der Waals surface area (Å²) in [5.74, 6) is 0.951. The van der Waals surface area contributed by atoms with Gasteiger partial charge in [-0.25, -0.2) is 5.43 Å². The summed E-state index contributed by atoms with van der Waals surface area (Å²) in [6.07, 6.45) is 3.08. The maximum Gasteiger partial charge on any atom is 0.277 e. The van der Waals surface area contributed by atoms with Crippen LogP contribution in [0.5, 0.6) is 11.5 Å². The van der Waals surface area contributed by atoms with Gasteiger partial charge in [0, 0.05) is 13.1 Å². The summed E-state index contributed by atoms with van der Waals surface area (Å²) in [5, 5.41) is 4.13. The van der Waals surface area contributed by atoms with Crippen molar-refractivity contribution in [3.05, 3.63) is 59.7 Å². The number of rotatable bonds is 9. The third-order valence-corrected chi connectivity index (χ3v) is 5.14. The molecule has 1 saturated heterocycles. The molecule has 1 aliphatic rings. The topological polar surface area (TPSA) is 80.2 Å². The Balaban J connectivity index is 1.43. The fourth-order valence-electron chi connectivity index (χ4n) is 3.21. The van der Waals surface area contributed by atoms with Crippen molar-refractivity contribution < 1.29 is 19.1 Å². The lowest BCUT2D eigenvalue weighted by Gasteiger charge is -2.15. The van der Waals surface area contributed by atoms with Crippen molar-refractivity contribution in [2.75, 3.05) is 26.3 Å². The highest BCUT2D eigenvalue weighted by molar-refractivity contribution is 5.99. The number of carbonyl (C=O) groups is 2. The van der Waals surface area contributed by atoms with Crippen LogP contribution in [0.15, 0.2) is 53.6 Å². The van der Waals surface area contributed by atoms with Crippen LogP contribution in [0.4, 0.5) is 0 Å². The maximum atomic E-state index is 12.0. The molecule has 0 aromatic heterocycles. The summed E-state index contributed by atoms with van der Waals surface area (Å²) < 4.78 is 11.1. The average molecular weight is 424 g/mol. The number of ether oxygens (including phenoxy) is 2. The summed E-state index contributed by atoms with van der Waals surface area (Å²) in [7, 11) is 0. The fraction of sp³-hybridized carbons (Fsp3) is 0.375. The van der Waals surface area contributed by atoms with Gasteiger partial charge >= 0.3 is 0 Å². The molecule has 0 saturated carbocycles. The predicted octanol–water partition coefficient (Wildman–Crippen LogP) is 3.17. The SMILES string of the molecule is CCc1ccc(OCC(=O)N/N=C(/C)c2ccc(OCC(=O)N3CCCC3)cc2)cc1. The Bertz CT molecular complexity index is 901. The standard InChI is InChI=1S/C24H29N3O4/c1-3-19-6-10-21(11-7-19)30-16-23(28)26-25-18(2)20-8-12-22(13-9-20)31-17-24(29)27-14-4-5-15-27/h6-13H,3-5,14-17H2,1-2H3,(H,26,28)/b25-18-. The van der Waals surface area contributed by atoms with Crippen molar-refractivity contribution in [1.82, 2.24) is 10.3 Å². The monoisotopic (exact) mass is 423 g/mol. The molecule has 0 atom stereocenters. The lowest BCUT2D eigenvalue weighted by atomic mass is 10.1. The molecule has 0 bridgehead atoms. The smallest absolute Gasteiger partial charge is 0.277 e. The fourth-order valence-corrected chi connectivity index (χ4v) is 3.21. The molecule has 0 aliphatic carbocycles. The van der Waals surface area contributed by atoms with Crippen LogP contribution in [-0.2, 0) is 16.0 Å². The predicted molar refractivity (Wildman–Crippen MR) is 119 cm³/mol. The first-order valence-corrected chi connectivity index (χ1v) is 10.6. The third kappa shape index (κ3) is 6.84. The number of amides is 2. The molecule has 7 heteroatoms. The molecule has 3 rings (SSSR count). The molecule has 2 aromatic rings. The Morgan fingerprint density at radius 2 is 1.52 bits per heavy atom. The second-order valence-electron chi connectivity index (χ2n) is 7.42. The summed E-state index contributed by atoms with van der Waals surface area (Å²) in [5.41, 5.74) is 5.21. The van der Waals surface area contributed by atoms with E-state index < -0.39 is 0 Å². The zero-order valence-electron chi connectivity index (χ0n) is 18.1. The molecule has 0 spiro atoms. The van der Waals surface area contributed by atoms with Gasteiger partial charge in [0.25, 0.3) is 11.8 Å². The zero-order valence-corrected chi connectivity index (χ0v) is 18.1. The highest BCUT2D eigenvalue weighted by Crippen LogP contribution is 2.14. The normalized spacial score (nSPS) is 13.7. The highest BCUT2D eigenvalue weighted by atomic mass is 16.5. The number of hydrogen-bond donors (Lipinski definition) is 1. The van der Waals surface area contributed by atoms with Crippen LogP contribution in [0.1, 0.15) is 37.8 Å². The van der Waals surface area contributed by atoms with Crippen molar-refractivity contribution in [1.29, 1.82) is 0 Å². The number of benzene rings is 2. The van der Waals surface area contributed by atoms with Gasteiger partial charge in [-0.2, -0.15) is 5.10 Å². The van der Waals surface area contributed by atoms with Crippen LogP contribution in [0.2, 0.25) is 0 Å². The van der Waals surface area contributed by atoms with Crippen molar-refractivity contribution in [2.24, 2.45) is 5.10 Å². The molecule has 2 amide bonds. The second-order valence-corrected chi connectivity index (χ2v) is 7.42. The number of nitrogens with zero attached hydrogens (tertiary/aromatic N) is 2. The molecule has 31 heavy (non-hydrogen) atoms. The van der Waals surface area contributed by atoms with Crippen LogP contribution in [0, 0.1) is 0 Å². The van der Waals surface area contributed by atoms with Crippen molar-refractivity contribution in [2.45, 2.75) is 33.1 Å². The van der Waals surface area contributed by atoms with E-state index in [4.69, 9.17) is 9.47 Å². The zero-order chi connectivity index (χ0) is 22.1. The van der Waals surface area contributed by atoms with Gasteiger partial charge in [0.15, 0.2) is 13.2 Å². The first-order valence-electron chi connectivity index (χ1n) is 10.6. The number of likely N-dealkylation sites (tertiary alicyclic amines) is 1. The Hall–Kier alpha value is -3.35. The largest absolute Gasteiger partial charge is 0.484 e. The minimum atomic E-state index is -0.334. The lowest BCUT2D eigenvalue weighted by molar-refractivity contribution is -0.132. The van der Waals surface area contributed by atoms with Gasteiger partial charge in [-0.3, -0.25) is 9.59 Å². The summed E-state index contributed by atoms with van der Waals surface area (Å²) in [4.78, 5) is 25.9. The number of aryl methyl sites for hydroxylation is 1. The molecule has 164 valence electrons. The van der Waals surface area contributed by atoms with Gasteiger partial charge in [-0.1, -0.05) is 19.1 Å². The van der Waals surface area contributed by atoms with Crippen LogP contribution in [-0.4, -0.2) is 48.7 Å². The number of hydrogen-bond acceptors (Lipinski definition) is 5. The number of hydrazone groups is 1. The first-order chi connectivity index (χ1) is 15.0. The van der Waals surface area contributed by atoms with Gasteiger partial charge < -0.3 is 14.4 Å². The Morgan fingerprint density at radius 3 is 2.13 bits per heavy atom. The Kier molecular flexibility index (Phi) is 8.04. The van der Waals surface area contributed by atoms with Crippen molar-refractivity contribution in [3.8, 4) is 11.5 Å². The summed E-state index contributed by atoms with van der Waals surface area (Å²) in [6, 6.07) is 14.9. The van der Waals surface area contributed by atoms with Crippen LogP contribution in [0.3, 0.4) is 0 Å². The molecule has 0 radical (unpaired) electrons. The van der Waals surface area contributed by atoms with E-state index in [2.05, 4.69) is 17.5 Å². The minimum absolute atomic E-state index is 0.0190. The van der Waals surface area contributed by atoms with Crippen LogP contribution < -0.4 is 14.9 Å². The molecule has 1 N–H and O–H groups in total. The molecular formula is C24H29N3O4. The number of nitrogens with one attached hydrogen (secondary N) is 1. The van der Waals surface area contributed by atoms with E-state index in [0.717, 1.165) is 37.9 Å². The second kappa shape index (κ2) is 11.2. The van der Waals surface area contributed by atoms with Crippen molar-refractivity contribution in [3.63, 3.8) is 0 Å². The molecule has 1 aliphatic heterocycles. The van der Waals surface area contributed by atoms with E-state index in [1.807, 2.05) is 41.3 Å². The number of carbonyl (C=O) groups excluding carboxylic acids is 2. The van der Waals surface area contributed by atoms with E-state index in [0.29, 0.717) is 17.2 Å². The molecule has 1 fully saturated rings. The van der Waals surface area contributed by atoms with Gasteiger partial charge in [0.1, 0.15) is 11.5 Å². The molecule has 1 heterocycles. The minimum Gasteiger partial charge on any atom is -0.484 e. The van der Waals surface area contributed by atoms with E-state index >= 15 is 0 Å². The van der Waals surface area contributed by atoms with E-state index in [-0.39, 0.29) is 25.0 Å². The molecule has 0 unspecified atom stereocenters. The highest BCUT2D eigenvalue weighted by Gasteiger charge is 2.18. The van der Waals surface area contributed by atoms with Gasteiger partial charge in [0.2, 0.25) is 0 Å². The summed E-state index contributed by atoms with van der Waals surface area (Å²) in [6.45, 7) is 5.46. The van der Waals surface area contributed by atoms with Crippen LogP contribution >= 0.6 is 0 Å². The Morgan fingerprint density at radius 1 is 0.935 bits per heavy atom. The Labute approximate surface area is 183 Å². The quantitative estimate of drug-likeness (QED) is 0.496. The van der Waals surface area contributed by atoms with Gasteiger partial charge in [0.05, 0.1) is 5.71 Å². The van der Waals surface area contributed by atoms with Crippen molar-refractivity contribution >= 4 is 17.5 Å². The van der Waals surface area contributed by atoms with E-state index in [1.165, 1.54) is 5.56 Å². The third-order valence-electron chi connectivity index (χ3n) is 5.14. The average Bonchev–Trinajstić information content (AvgIpc) is 3.35. The van der Waals surface area contributed by atoms with Gasteiger partial charge in [-0.15, -0.1) is 0 Å². The first kappa shape index (κ1) is 22.3.